The number of halogens is 1. The van der Waals surface area contributed by atoms with Crippen LogP contribution in [0.1, 0.15) is 29.0 Å². The summed E-state index contributed by atoms with van der Waals surface area (Å²) in [5, 5.41) is 5.43. The van der Waals surface area contributed by atoms with Crippen LogP contribution in [0.15, 0.2) is 34.2 Å². The Morgan fingerprint density at radius 2 is 2.10 bits per heavy atom. The third kappa shape index (κ3) is 3.43. The topological polar surface area (TPSA) is 69.9 Å². The molecule has 0 spiro atoms. The van der Waals surface area contributed by atoms with E-state index in [1.54, 1.807) is 23.0 Å². The van der Waals surface area contributed by atoms with Crippen molar-refractivity contribution in [2.75, 3.05) is 7.11 Å². The summed E-state index contributed by atoms with van der Waals surface area (Å²) in [6, 6.07) is 7.52. The summed E-state index contributed by atoms with van der Waals surface area (Å²) in [5.74, 6) is 1.10. The number of hydrogen-bond acceptors (Lipinski definition) is 8. The van der Waals surface area contributed by atoms with Gasteiger partial charge in [0.15, 0.2) is 5.16 Å². The van der Waals surface area contributed by atoms with Crippen LogP contribution in [-0.2, 0) is 18.6 Å². The molecule has 0 amide bonds. The van der Waals surface area contributed by atoms with Gasteiger partial charge in [0.2, 0.25) is 0 Å². The maximum Gasteiger partial charge on any atom is 0.267 e. The van der Waals surface area contributed by atoms with Crippen molar-refractivity contribution in [2.24, 2.45) is 0 Å². The molecular weight excluding hydrogens is 460 g/mol. The molecule has 5 rings (SSSR count). The first-order chi connectivity index (χ1) is 14.7. The van der Waals surface area contributed by atoms with Crippen LogP contribution < -0.4 is 10.3 Å². The highest BCUT2D eigenvalue weighted by Crippen LogP contribution is 2.37. The zero-order valence-electron chi connectivity index (χ0n) is 16.1. The van der Waals surface area contributed by atoms with Crippen molar-refractivity contribution < 1.29 is 4.74 Å². The number of para-hydroxylation sites is 2. The minimum atomic E-state index is -0.0473. The van der Waals surface area contributed by atoms with Crippen LogP contribution in [0.4, 0.5) is 0 Å². The molecule has 0 saturated carbocycles. The van der Waals surface area contributed by atoms with E-state index in [9.17, 15) is 4.79 Å². The summed E-state index contributed by atoms with van der Waals surface area (Å²) in [7, 11) is 1.61. The molecule has 0 radical (unpaired) electrons. The van der Waals surface area contributed by atoms with E-state index < -0.39 is 0 Å². The Kier molecular flexibility index (Phi) is 5.53. The molecule has 3 heterocycles. The van der Waals surface area contributed by atoms with E-state index in [0.717, 1.165) is 47.4 Å². The highest BCUT2D eigenvalue weighted by Gasteiger charge is 2.24. The number of hydrogen-bond donors (Lipinski definition) is 0. The van der Waals surface area contributed by atoms with Crippen LogP contribution in [0.3, 0.4) is 0 Å². The van der Waals surface area contributed by atoms with Gasteiger partial charge in [0.25, 0.3) is 5.56 Å². The first kappa shape index (κ1) is 20.0. The Labute approximate surface area is 190 Å². The zero-order valence-corrected chi connectivity index (χ0v) is 19.3. The third-order valence-corrected chi connectivity index (χ3v) is 8.25. The van der Waals surface area contributed by atoms with E-state index in [4.69, 9.17) is 21.3 Å². The van der Waals surface area contributed by atoms with Crippen LogP contribution in [0.5, 0.6) is 5.75 Å². The van der Waals surface area contributed by atoms with Crippen molar-refractivity contribution in [3.8, 4) is 11.4 Å². The highest BCUT2D eigenvalue weighted by atomic mass is 35.5. The lowest BCUT2D eigenvalue weighted by Gasteiger charge is -2.15. The molecule has 1 aromatic carbocycles. The average molecular weight is 477 g/mol. The van der Waals surface area contributed by atoms with Gasteiger partial charge in [-0.15, -0.1) is 16.4 Å². The van der Waals surface area contributed by atoms with E-state index in [1.165, 1.54) is 22.2 Å². The Hall–Kier alpha value is -1.94. The summed E-state index contributed by atoms with van der Waals surface area (Å²) in [6.45, 7) is 0. The van der Waals surface area contributed by atoms with E-state index in [1.807, 2.05) is 24.3 Å². The molecule has 0 unspecified atom stereocenters. The first-order valence-corrected chi connectivity index (χ1v) is 12.4. The van der Waals surface area contributed by atoms with Crippen molar-refractivity contribution in [3.63, 3.8) is 0 Å². The van der Waals surface area contributed by atoms with Crippen LogP contribution in [0, 0.1) is 0 Å². The largest absolute Gasteiger partial charge is 0.495 e. The molecule has 6 nitrogen and oxygen atoms in total. The second kappa shape index (κ2) is 8.30. The molecule has 1 aliphatic carbocycles. The SMILES string of the molecule is COc1ccccc1-n1c(SCc2nnsc2Cl)nc2sc3c(c2c1=O)CCCC3. The molecule has 1 aliphatic rings. The fourth-order valence-electron chi connectivity index (χ4n) is 3.73. The predicted molar refractivity (Wildman–Crippen MR) is 123 cm³/mol. The average Bonchev–Trinajstić information content (AvgIpc) is 3.35. The van der Waals surface area contributed by atoms with Gasteiger partial charge >= 0.3 is 0 Å². The molecule has 4 aromatic rings. The molecular formula is C20H17ClN4O2S3. The quantitative estimate of drug-likeness (QED) is 0.293. The minimum absolute atomic E-state index is 0.0473. The lowest BCUT2D eigenvalue weighted by atomic mass is 9.97. The first-order valence-electron chi connectivity index (χ1n) is 9.47. The number of nitrogens with zero attached hydrogens (tertiary/aromatic N) is 4. The number of thiophene rings is 1. The highest BCUT2D eigenvalue weighted by molar-refractivity contribution is 7.98. The van der Waals surface area contributed by atoms with Crippen molar-refractivity contribution in [1.29, 1.82) is 0 Å². The fourth-order valence-corrected chi connectivity index (χ4v) is 6.77. The number of benzene rings is 1. The van der Waals surface area contributed by atoms with Crippen LogP contribution >= 0.6 is 46.2 Å². The number of aromatic nitrogens is 4. The van der Waals surface area contributed by atoms with Crippen LogP contribution in [0.2, 0.25) is 4.34 Å². The normalized spacial score (nSPS) is 13.5. The second-order valence-electron chi connectivity index (χ2n) is 6.88. The van der Waals surface area contributed by atoms with Crippen molar-refractivity contribution >= 4 is 56.4 Å². The Bertz CT molecular complexity index is 1300. The van der Waals surface area contributed by atoms with E-state index in [-0.39, 0.29) is 5.56 Å². The van der Waals surface area contributed by atoms with Gasteiger partial charge in [-0.3, -0.25) is 9.36 Å². The van der Waals surface area contributed by atoms with Gasteiger partial charge in [0, 0.05) is 22.2 Å². The smallest absolute Gasteiger partial charge is 0.267 e. The molecule has 0 N–H and O–H groups in total. The van der Waals surface area contributed by atoms with E-state index >= 15 is 0 Å². The number of ether oxygens (including phenoxy) is 1. The predicted octanol–water partition coefficient (Wildman–Crippen LogP) is 5.13. The van der Waals surface area contributed by atoms with Gasteiger partial charge in [0.1, 0.15) is 20.6 Å². The summed E-state index contributed by atoms with van der Waals surface area (Å²) < 4.78 is 11.7. The number of thioether (sulfide) groups is 1. The molecule has 0 bridgehead atoms. The maximum absolute atomic E-state index is 13.8. The standard InChI is InChI=1S/C20H17ClN4O2S3/c1-27-14-8-4-3-7-13(14)25-19(26)16-11-6-2-5-9-15(11)29-18(16)22-20(25)28-10-12-17(21)30-24-23-12/h3-4,7-8H,2,5-6,9-10H2,1H3. The molecule has 0 aliphatic heterocycles. The van der Waals surface area contributed by atoms with Gasteiger partial charge in [0.05, 0.1) is 18.2 Å². The number of rotatable bonds is 5. The molecule has 0 fully saturated rings. The van der Waals surface area contributed by atoms with Crippen LogP contribution in [0.25, 0.3) is 15.9 Å². The van der Waals surface area contributed by atoms with E-state index in [2.05, 4.69) is 9.59 Å². The van der Waals surface area contributed by atoms with Crippen molar-refractivity contribution in [3.05, 3.63) is 55.1 Å². The summed E-state index contributed by atoms with van der Waals surface area (Å²) in [6.07, 6.45) is 4.23. The van der Waals surface area contributed by atoms with Gasteiger partial charge in [-0.2, -0.15) is 0 Å². The van der Waals surface area contributed by atoms with Crippen molar-refractivity contribution in [2.45, 2.75) is 36.6 Å². The lowest BCUT2D eigenvalue weighted by Crippen LogP contribution is -2.22. The van der Waals surface area contributed by atoms with Gasteiger partial charge in [-0.1, -0.05) is 40.0 Å². The Morgan fingerprint density at radius 3 is 2.90 bits per heavy atom. The van der Waals surface area contributed by atoms with Gasteiger partial charge in [-0.25, -0.2) is 4.98 Å². The van der Waals surface area contributed by atoms with Crippen molar-refractivity contribution in [1.82, 2.24) is 19.1 Å². The fraction of sp³-hybridized carbons (Fsp3) is 0.300. The van der Waals surface area contributed by atoms with Gasteiger partial charge < -0.3 is 4.74 Å². The summed E-state index contributed by atoms with van der Waals surface area (Å²) in [4.78, 5) is 20.8. The van der Waals surface area contributed by atoms with Crippen LogP contribution in [-0.4, -0.2) is 26.2 Å². The molecule has 154 valence electrons. The Morgan fingerprint density at radius 1 is 1.27 bits per heavy atom. The molecule has 3 aromatic heterocycles. The number of aryl methyl sites for hydroxylation is 2. The second-order valence-corrected chi connectivity index (χ2v) is 10.3. The number of methoxy groups -OCH3 is 1. The monoisotopic (exact) mass is 476 g/mol. The number of fused-ring (bicyclic) bond motifs is 3. The molecule has 0 atom stereocenters. The Balaban J connectivity index is 1.72. The summed E-state index contributed by atoms with van der Waals surface area (Å²) in [5.41, 5.74) is 2.50. The third-order valence-electron chi connectivity index (χ3n) is 5.13. The minimum Gasteiger partial charge on any atom is -0.495 e. The molecule has 10 heteroatoms. The maximum atomic E-state index is 13.8. The summed E-state index contributed by atoms with van der Waals surface area (Å²) >= 11 is 10.4. The lowest BCUT2D eigenvalue weighted by molar-refractivity contribution is 0.411. The molecule has 30 heavy (non-hydrogen) atoms. The van der Waals surface area contributed by atoms with E-state index in [0.29, 0.717) is 32.4 Å². The van der Waals surface area contributed by atoms with Gasteiger partial charge in [-0.05, 0) is 43.4 Å². The molecule has 0 saturated heterocycles. The zero-order chi connectivity index (χ0) is 20.7.